The second kappa shape index (κ2) is 11.4. The lowest BCUT2D eigenvalue weighted by Gasteiger charge is -2.18. The smallest absolute Gasteiger partial charge is 0.416 e. The molecule has 168 valence electrons. The summed E-state index contributed by atoms with van der Waals surface area (Å²) in [5.41, 5.74) is -0.109. The zero-order chi connectivity index (χ0) is 23.0. The first-order valence-corrected chi connectivity index (χ1v) is 10.4. The van der Waals surface area contributed by atoms with Crippen LogP contribution in [0.1, 0.15) is 25.0 Å². The number of ether oxygens (including phenoxy) is 1. The van der Waals surface area contributed by atoms with Crippen molar-refractivity contribution in [3.63, 3.8) is 0 Å². The zero-order valence-electron chi connectivity index (χ0n) is 17.1. The first-order chi connectivity index (χ1) is 14.6. The van der Waals surface area contributed by atoms with E-state index < -0.39 is 17.6 Å². The predicted octanol–water partition coefficient (Wildman–Crippen LogP) is 6.38. The standard InChI is InChI=1S/C22H23Cl2F3N2O2/c1-3-29(4-2)11-12-31-20-9-8-17(14-19(20)24)28-21(30)10-6-15-5-7-16(13-18(15)23)22(25,26)27/h5-10,13-14H,3-4,11-12H2,1-2H3,(H,28,30)/b10-6+. The molecule has 2 rings (SSSR count). The Labute approximate surface area is 189 Å². The molecule has 0 fully saturated rings. The maximum absolute atomic E-state index is 12.7. The molecule has 9 heteroatoms. The van der Waals surface area contributed by atoms with E-state index in [1.807, 2.05) is 0 Å². The molecule has 0 unspecified atom stereocenters. The van der Waals surface area contributed by atoms with Crippen molar-refractivity contribution in [2.24, 2.45) is 0 Å². The Kier molecular flexibility index (Phi) is 9.22. The summed E-state index contributed by atoms with van der Waals surface area (Å²) in [5.74, 6) is 0.0288. The normalized spacial score (nSPS) is 11.9. The van der Waals surface area contributed by atoms with Gasteiger partial charge in [0.25, 0.3) is 0 Å². The largest absolute Gasteiger partial charge is 0.491 e. The van der Waals surface area contributed by atoms with Crippen LogP contribution in [-0.4, -0.2) is 37.0 Å². The van der Waals surface area contributed by atoms with Crippen LogP contribution >= 0.6 is 23.2 Å². The highest BCUT2D eigenvalue weighted by Gasteiger charge is 2.30. The van der Waals surface area contributed by atoms with Crippen molar-refractivity contribution in [3.8, 4) is 5.75 Å². The number of benzene rings is 2. The van der Waals surface area contributed by atoms with Crippen LogP contribution in [0.2, 0.25) is 10.0 Å². The minimum absolute atomic E-state index is 0.104. The number of anilines is 1. The van der Waals surface area contributed by atoms with E-state index >= 15 is 0 Å². The van der Waals surface area contributed by atoms with E-state index in [9.17, 15) is 18.0 Å². The van der Waals surface area contributed by atoms with Crippen LogP contribution in [0.3, 0.4) is 0 Å². The Balaban J connectivity index is 1.96. The molecule has 0 bridgehead atoms. The number of carbonyl (C=O) groups is 1. The summed E-state index contributed by atoms with van der Waals surface area (Å²) < 4.78 is 43.8. The molecule has 1 N–H and O–H groups in total. The number of amides is 1. The summed E-state index contributed by atoms with van der Waals surface area (Å²) in [5, 5.41) is 2.88. The van der Waals surface area contributed by atoms with Crippen LogP contribution in [0.5, 0.6) is 5.75 Å². The number of carbonyl (C=O) groups excluding carboxylic acids is 1. The molecule has 0 saturated heterocycles. The molecular formula is C22H23Cl2F3N2O2. The van der Waals surface area contributed by atoms with Gasteiger partial charge in [-0.15, -0.1) is 0 Å². The van der Waals surface area contributed by atoms with E-state index in [4.69, 9.17) is 27.9 Å². The van der Waals surface area contributed by atoms with E-state index in [1.165, 1.54) is 18.2 Å². The number of hydrogen-bond acceptors (Lipinski definition) is 3. The molecule has 0 aliphatic heterocycles. The van der Waals surface area contributed by atoms with Crippen molar-refractivity contribution < 1.29 is 22.7 Å². The highest BCUT2D eigenvalue weighted by Crippen LogP contribution is 2.32. The molecular weight excluding hydrogens is 452 g/mol. The molecule has 0 aliphatic carbocycles. The van der Waals surface area contributed by atoms with Gasteiger partial charge in [-0.3, -0.25) is 4.79 Å². The van der Waals surface area contributed by atoms with E-state index in [0.717, 1.165) is 31.8 Å². The molecule has 0 heterocycles. The Morgan fingerprint density at radius 2 is 1.81 bits per heavy atom. The van der Waals surface area contributed by atoms with Crippen molar-refractivity contribution >= 4 is 40.9 Å². The van der Waals surface area contributed by atoms with Crippen molar-refractivity contribution in [1.82, 2.24) is 4.90 Å². The number of alkyl halides is 3. The quantitative estimate of drug-likeness (QED) is 0.428. The van der Waals surface area contributed by atoms with Crippen LogP contribution in [0.15, 0.2) is 42.5 Å². The maximum Gasteiger partial charge on any atom is 0.416 e. The molecule has 0 aromatic heterocycles. The molecule has 0 radical (unpaired) electrons. The van der Waals surface area contributed by atoms with Gasteiger partial charge in [-0.25, -0.2) is 0 Å². The second-order valence-corrected chi connectivity index (χ2v) is 7.39. The van der Waals surface area contributed by atoms with Crippen LogP contribution in [0.25, 0.3) is 6.08 Å². The van der Waals surface area contributed by atoms with E-state index in [1.54, 1.807) is 18.2 Å². The fourth-order valence-electron chi connectivity index (χ4n) is 2.71. The number of hydrogen-bond donors (Lipinski definition) is 1. The third kappa shape index (κ3) is 7.76. The van der Waals surface area contributed by atoms with Gasteiger partial charge in [0, 0.05) is 23.3 Å². The number of rotatable bonds is 9. The average Bonchev–Trinajstić information content (AvgIpc) is 2.71. The van der Waals surface area contributed by atoms with E-state index in [-0.39, 0.29) is 5.02 Å². The van der Waals surface area contributed by atoms with Crippen molar-refractivity contribution in [2.45, 2.75) is 20.0 Å². The van der Waals surface area contributed by atoms with Gasteiger partial charge < -0.3 is 15.0 Å². The van der Waals surface area contributed by atoms with Crippen molar-refractivity contribution in [1.29, 1.82) is 0 Å². The topological polar surface area (TPSA) is 41.6 Å². The van der Waals surface area contributed by atoms with Gasteiger partial charge in [0.2, 0.25) is 5.91 Å². The Morgan fingerprint density at radius 1 is 1.10 bits per heavy atom. The fourth-order valence-corrected chi connectivity index (χ4v) is 3.19. The predicted molar refractivity (Wildman–Crippen MR) is 119 cm³/mol. The second-order valence-electron chi connectivity index (χ2n) is 6.58. The van der Waals surface area contributed by atoms with Crippen molar-refractivity contribution in [2.75, 3.05) is 31.6 Å². The summed E-state index contributed by atoms with van der Waals surface area (Å²) in [7, 11) is 0. The summed E-state index contributed by atoms with van der Waals surface area (Å²) in [6.45, 7) is 7.29. The van der Waals surface area contributed by atoms with Crippen LogP contribution in [-0.2, 0) is 11.0 Å². The molecule has 0 spiro atoms. The molecule has 4 nitrogen and oxygen atoms in total. The first kappa shape index (κ1) is 25.0. The summed E-state index contributed by atoms with van der Waals surface area (Å²) in [4.78, 5) is 14.4. The highest BCUT2D eigenvalue weighted by atomic mass is 35.5. The lowest BCUT2D eigenvalue weighted by atomic mass is 10.1. The number of nitrogens with one attached hydrogen (secondary N) is 1. The van der Waals surface area contributed by atoms with Gasteiger partial charge in [-0.05, 0) is 55.1 Å². The molecule has 0 saturated carbocycles. The van der Waals surface area contributed by atoms with Gasteiger partial charge in [0.1, 0.15) is 12.4 Å². The SMILES string of the molecule is CCN(CC)CCOc1ccc(NC(=O)/C=C/c2ccc(C(F)(F)F)cc2Cl)cc1Cl. The van der Waals surface area contributed by atoms with Gasteiger partial charge in [-0.2, -0.15) is 13.2 Å². The monoisotopic (exact) mass is 474 g/mol. The lowest BCUT2D eigenvalue weighted by Crippen LogP contribution is -2.27. The zero-order valence-corrected chi connectivity index (χ0v) is 18.6. The fraction of sp³-hybridized carbons (Fsp3) is 0.318. The van der Waals surface area contributed by atoms with E-state index in [2.05, 4.69) is 24.1 Å². The summed E-state index contributed by atoms with van der Waals surface area (Å²) in [6.07, 6.45) is -1.97. The van der Waals surface area contributed by atoms with Crippen LogP contribution < -0.4 is 10.1 Å². The maximum atomic E-state index is 12.7. The highest BCUT2D eigenvalue weighted by molar-refractivity contribution is 6.32. The third-order valence-electron chi connectivity index (χ3n) is 4.50. The Morgan fingerprint density at radius 3 is 2.39 bits per heavy atom. The van der Waals surface area contributed by atoms with Gasteiger partial charge in [-0.1, -0.05) is 43.1 Å². The van der Waals surface area contributed by atoms with Crippen LogP contribution in [0.4, 0.5) is 18.9 Å². The average molecular weight is 475 g/mol. The molecule has 2 aromatic rings. The molecule has 1 amide bonds. The Hall–Kier alpha value is -2.22. The molecule has 31 heavy (non-hydrogen) atoms. The third-order valence-corrected chi connectivity index (χ3v) is 5.12. The lowest BCUT2D eigenvalue weighted by molar-refractivity contribution is -0.137. The summed E-state index contributed by atoms with van der Waals surface area (Å²) in [6, 6.07) is 7.80. The minimum Gasteiger partial charge on any atom is -0.491 e. The first-order valence-electron chi connectivity index (χ1n) is 9.64. The van der Waals surface area contributed by atoms with Crippen molar-refractivity contribution in [3.05, 3.63) is 63.6 Å². The minimum atomic E-state index is -4.48. The van der Waals surface area contributed by atoms with Gasteiger partial charge >= 0.3 is 6.18 Å². The van der Waals surface area contributed by atoms with Crippen LogP contribution in [0, 0.1) is 0 Å². The van der Waals surface area contributed by atoms with E-state index in [0.29, 0.717) is 28.6 Å². The Bertz CT molecular complexity index is 929. The number of likely N-dealkylation sites (N-methyl/N-ethyl adjacent to an activating group) is 1. The van der Waals surface area contributed by atoms with Gasteiger partial charge in [0.15, 0.2) is 0 Å². The molecule has 0 aliphatic rings. The molecule has 0 atom stereocenters. The molecule has 2 aromatic carbocycles. The summed E-state index contributed by atoms with van der Waals surface area (Å²) >= 11 is 12.1. The van der Waals surface area contributed by atoms with Gasteiger partial charge in [0.05, 0.1) is 10.6 Å². The number of halogens is 5. The number of nitrogens with zero attached hydrogens (tertiary/aromatic N) is 1.